The molecule has 4 rings (SSSR count). The molecular formula is C34H44N4O3. The molecule has 0 spiro atoms. The first-order valence-electron chi connectivity index (χ1n) is 15.1. The van der Waals surface area contributed by atoms with E-state index >= 15 is 0 Å². The first-order valence-corrected chi connectivity index (χ1v) is 15.1. The lowest BCUT2D eigenvalue weighted by molar-refractivity contribution is -0.138. The molecule has 2 aromatic carbocycles. The number of benzene rings is 2. The Kier molecular flexibility index (Phi) is 11.0. The molecule has 2 aliphatic rings. The van der Waals surface area contributed by atoms with Gasteiger partial charge in [-0.1, -0.05) is 63.3 Å². The van der Waals surface area contributed by atoms with Crippen LogP contribution in [0.1, 0.15) is 69.1 Å². The Labute approximate surface area is 245 Å². The SMILES string of the molecule is C#Cc1cccc(CN2CCN(C(=O)C(Cc3ccc(NC(=O)[C@@H](C)C4CCCCC4)cc3)NC(=O)CC)CC2)c1. The van der Waals surface area contributed by atoms with E-state index in [0.29, 0.717) is 31.8 Å². The molecule has 1 saturated carbocycles. The second-order valence-corrected chi connectivity index (χ2v) is 11.5. The van der Waals surface area contributed by atoms with E-state index in [1.807, 2.05) is 54.3 Å². The molecule has 2 N–H and O–H groups in total. The molecule has 3 amide bonds. The van der Waals surface area contributed by atoms with E-state index < -0.39 is 6.04 Å². The second-order valence-electron chi connectivity index (χ2n) is 11.5. The Bertz CT molecular complexity index is 1220. The van der Waals surface area contributed by atoms with Gasteiger partial charge in [0.2, 0.25) is 17.7 Å². The van der Waals surface area contributed by atoms with Gasteiger partial charge < -0.3 is 15.5 Å². The summed E-state index contributed by atoms with van der Waals surface area (Å²) in [6.45, 7) is 7.34. The molecule has 1 aliphatic carbocycles. The van der Waals surface area contributed by atoms with Crippen molar-refractivity contribution in [3.63, 3.8) is 0 Å². The van der Waals surface area contributed by atoms with Gasteiger partial charge >= 0.3 is 0 Å². The van der Waals surface area contributed by atoms with Crippen molar-refractivity contribution in [3.05, 3.63) is 65.2 Å². The largest absolute Gasteiger partial charge is 0.344 e. The Hall–Kier alpha value is -3.63. The highest BCUT2D eigenvalue weighted by molar-refractivity contribution is 5.92. The number of hydrogen-bond donors (Lipinski definition) is 2. The first-order chi connectivity index (χ1) is 19.9. The van der Waals surface area contributed by atoms with Crippen LogP contribution in [0.2, 0.25) is 0 Å². The average Bonchev–Trinajstić information content (AvgIpc) is 3.01. The summed E-state index contributed by atoms with van der Waals surface area (Å²) in [5.74, 6) is 3.00. The summed E-state index contributed by atoms with van der Waals surface area (Å²) < 4.78 is 0. The van der Waals surface area contributed by atoms with E-state index in [9.17, 15) is 14.4 Å². The lowest BCUT2D eigenvalue weighted by Gasteiger charge is -2.36. The molecule has 0 radical (unpaired) electrons. The number of nitrogens with one attached hydrogen (secondary N) is 2. The maximum atomic E-state index is 13.6. The fourth-order valence-corrected chi connectivity index (χ4v) is 5.93. The Morgan fingerprint density at radius 2 is 1.68 bits per heavy atom. The molecule has 2 fully saturated rings. The Balaban J connectivity index is 1.32. The molecule has 41 heavy (non-hydrogen) atoms. The maximum Gasteiger partial charge on any atom is 0.245 e. The van der Waals surface area contributed by atoms with E-state index in [0.717, 1.165) is 54.9 Å². The van der Waals surface area contributed by atoms with Crippen LogP contribution in [0.3, 0.4) is 0 Å². The maximum absolute atomic E-state index is 13.6. The molecule has 2 atom stereocenters. The third-order valence-electron chi connectivity index (χ3n) is 8.57. The summed E-state index contributed by atoms with van der Waals surface area (Å²) >= 11 is 0. The smallest absolute Gasteiger partial charge is 0.245 e. The van der Waals surface area contributed by atoms with Gasteiger partial charge in [-0.25, -0.2) is 0 Å². The molecule has 1 saturated heterocycles. The third kappa shape index (κ3) is 8.68. The van der Waals surface area contributed by atoms with Crippen LogP contribution in [0.25, 0.3) is 0 Å². The van der Waals surface area contributed by atoms with Gasteiger partial charge in [0, 0.05) is 62.7 Å². The van der Waals surface area contributed by atoms with Crippen LogP contribution in [0.5, 0.6) is 0 Å². The Morgan fingerprint density at radius 3 is 2.34 bits per heavy atom. The van der Waals surface area contributed by atoms with Gasteiger partial charge in [-0.2, -0.15) is 0 Å². The van der Waals surface area contributed by atoms with Crippen LogP contribution >= 0.6 is 0 Å². The van der Waals surface area contributed by atoms with Gasteiger partial charge in [0.25, 0.3) is 0 Å². The summed E-state index contributed by atoms with van der Waals surface area (Å²) in [5, 5.41) is 6.01. The van der Waals surface area contributed by atoms with Crippen LogP contribution in [-0.2, 0) is 27.3 Å². The third-order valence-corrected chi connectivity index (χ3v) is 8.57. The molecule has 1 heterocycles. The van der Waals surface area contributed by atoms with Gasteiger partial charge in [-0.05, 0) is 54.2 Å². The average molecular weight is 557 g/mol. The van der Waals surface area contributed by atoms with Gasteiger partial charge in [-0.15, -0.1) is 6.42 Å². The highest BCUT2D eigenvalue weighted by Gasteiger charge is 2.29. The minimum atomic E-state index is -0.631. The highest BCUT2D eigenvalue weighted by Crippen LogP contribution is 2.30. The number of anilines is 1. The van der Waals surface area contributed by atoms with Crippen molar-refractivity contribution in [3.8, 4) is 12.3 Å². The van der Waals surface area contributed by atoms with Crippen molar-refractivity contribution in [1.82, 2.24) is 15.1 Å². The van der Waals surface area contributed by atoms with Crippen LogP contribution in [-0.4, -0.2) is 59.7 Å². The summed E-state index contributed by atoms with van der Waals surface area (Å²) in [4.78, 5) is 42.9. The van der Waals surface area contributed by atoms with Crippen LogP contribution < -0.4 is 10.6 Å². The zero-order valence-electron chi connectivity index (χ0n) is 24.5. The zero-order chi connectivity index (χ0) is 29.2. The van der Waals surface area contributed by atoms with Crippen molar-refractivity contribution in [1.29, 1.82) is 0 Å². The lowest BCUT2D eigenvalue weighted by atomic mass is 9.80. The van der Waals surface area contributed by atoms with E-state index in [1.165, 1.54) is 19.3 Å². The molecular weight excluding hydrogens is 512 g/mol. The van der Waals surface area contributed by atoms with Crippen LogP contribution in [0.4, 0.5) is 5.69 Å². The van der Waals surface area contributed by atoms with Gasteiger partial charge in [0.1, 0.15) is 6.04 Å². The minimum absolute atomic E-state index is 0.00480. The van der Waals surface area contributed by atoms with E-state index in [4.69, 9.17) is 6.42 Å². The normalized spacial score (nSPS) is 17.7. The fourth-order valence-electron chi connectivity index (χ4n) is 5.93. The Morgan fingerprint density at radius 1 is 0.976 bits per heavy atom. The lowest BCUT2D eigenvalue weighted by Crippen LogP contribution is -2.55. The van der Waals surface area contributed by atoms with Crippen LogP contribution in [0, 0.1) is 24.2 Å². The van der Waals surface area contributed by atoms with Gasteiger partial charge in [0.15, 0.2) is 0 Å². The zero-order valence-corrected chi connectivity index (χ0v) is 24.5. The number of amides is 3. The number of hydrogen-bond acceptors (Lipinski definition) is 4. The number of terminal acetylenes is 1. The quantitative estimate of drug-likeness (QED) is 0.419. The highest BCUT2D eigenvalue weighted by atomic mass is 16.2. The summed E-state index contributed by atoms with van der Waals surface area (Å²) in [6, 6.07) is 15.0. The topological polar surface area (TPSA) is 81.8 Å². The van der Waals surface area contributed by atoms with Crippen molar-refractivity contribution in [2.75, 3.05) is 31.5 Å². The number of nitrogens with zero attached hydrogens (tertiary/aromatic N) is 2. The molecule has 1 unspecified atom stereocenters. The molecule has 7 nitrogen and oxygen atoms in total. The summed E-state index contributed by atoms with van der Waals surface area (Å²) in [5.41, 5.74) is 3.72. The van der Waals surface area contributed by atoms with Gasteiger partial charge in [0.05, 0.1) is 0 Å². The molecule has 1 aliphatic heterocycles. The first kappa shape index (κ1) is 30.3. The second kappa shape index (κ2) is 14.8. The predicted octanol–water partition coefficient (Wildman–Crippen LogP) is 4.60. The van der Waals surface area contributed by atoms with Crippen molar-refractivity contribution in [2.24, 2.45) is 11.8 Å². The van der Waals surface area contributed by atoms with Crippen molar-refractivity contribution in [2.45, 2.75) is 71.4 Å². The van der Waals surface area contributed by atoms with Crippen molar-refractivity contribution >= 4 is 23.4 Å². The van der Waals surface area contributed by atoms with E-state index in [-0.39, 0.29) is 23.6 Å². The standard InChI is InChI=1S/C34H44N4O3/c1-4-26-10-9-11-28(22-26)24-37-18-20-38(21-19-37)34(41)31(36-32(39)5-2)23-27-14-16-30(17-15-27)35-33(40)25(3)29-12-7-6-8-13-29/h1,9-11,14-17,22,25,29,31H,5-8,12-13,18-21,23-24H2,2-3H3,(H,35,40)(H,36,39)/t25-,31?/m0/s1. The molecule has 0 aromatic heterocycles. The summed E-state index contributed by atoms with van der Waals surface area (Å²) in [7, 11) is 0. The minimum Gasteiger partial charge on any atom is -0.344 e. The fraction of sp³-hybridized carbons (Fsp3) is 0.500. The van der Waals surface area contributed by atoms with Crippen LogP contribution in [0.15, 0.2) is 48.5 Å². The molecule has 0 bridgehead atoms. The number of carbonyl (C=O) groups excluding carboxylic acids is 3. The van der Waals surface area contributed by atoms with Crippen molar-refractivity contribution < 1.29 is 14.4 Å². The van der Waals surface area contributed by atoms with Gasteiger partial charge in [-0.3, -0.25) is 19.3 Å². The number of carbonyl (C=O) groups is 3. The molecule has 7 heteroatoms. The van der Waals surface area contributed by atoms with E-state index in [2.05, 4.69) is 27.5 Å². The summed E-state index contributed by atoms with van der Waals surface area (Å²) in [6.07, 6.45) is 12.2. The predicted molar refractivity (Wildman–Crippen MR) is 163 cm³/mol. The molecule has 2 aromatic rings. The van der Waals surface area contributed by atoms with E-state index in [1.54, 1.807) is 6.92 Å². The number of rotatable bonds is 10. The monoisotopic (exact) mass is 556 g/mol. The molecule has 218 valence electrons. The number of piperazine rings is 1.